The van der Waals surface area contributed by atoms with Gasteiger partial charge in [0.2, 0.25) is 0 Å². The molecule has 24 heavy (non-hydrogen) atoms. The van der Waals surface area contributed by atoms with E-state index in [9.17, 15) is 0 Å². The van der Waals surface area contributed by atoms with Crippen molar-refractivity contribution in [3.63, 3.8) is 0 Å². The maximum atomic E-state index is 5.35. The Morgan fingerprint density at radius 3 is 2.58 bits per heavy atom. The molecule has 0 spiro atoms. The Morgan fingerprint density at radius 2 is 1.83 bits per heavy atom. The first-order valence-corrected chi connectivity index (χ1v) is 7.41. The van der Waals surface area contributed by atoms with Gasteiger partial charge in [-0.25, -0.2) is 9.97 Å². The van der Waals surface area contributed by atoms with Crippen LogP contribution in [0.25, 0.3) is 10.9 Å². The maximum Gasteiger partial charge on any atom is 0.137 e. The Bertz CT molecular complexity index is 942. The van der Waals surface area contributed by atoms with Crippen LogP contribution in [0, 0.1) is 11.8 Å². The number of aromatic nitrogens is 2. The molecule has 0 aliphatic rings. The van der Waals surface area contributed by atoms with E-state index >= 15 is 0 Å². The molecule has 5 nitrogen and oxygen atoms in total. The third-order valence-electron chi connectivity index (χ3n) is 3.62. The molecular formula is C19H17N3O2. The minimum atomic E-state index is 0.711. The molecule has 0 bridgehead atoms. The van der Waals surface area contributed by atoms with Gasteiger partial charge in [-0.05, 0) is 36.4 Å². The van der Waals surface area contributed by atoms with Crippen LogP contribution in [-0.4, -0.2) is 31.2 Å². The van der Waals surface area contributed by atoms with Crippen molar-refractivity contribution in [1.82, 2.24) is 9.97 Å². The molecule has 0 saturated heterocycles. The third-order valence-corrected chi connectivity index (χ3v) is 3.62. The van der Waals surface area contributed by atoms with Gasteiger partial charge >= 0.3 is 0 Å². The molecule has 1 N–H and O–H groups in total. The average molecular weight is 319 g/mol. The monoisotopic (exact) mass is 319 g/mol. The number of nitrogens with one attached hydrogen (secondary N) is 1. The van der Waals surface area contributed by atoms with Gasteiger partial charge in [0, 0.05) is 18.0 Å². The minimum absolute atomic E-state index is 0.711. The lowest BCUT2D eigenvalue weighted by molar-refractivity contribution is 0.402. The van der Waals surface area contributed by atoms with Crippen LogP contribution in [0.3, 0.4) is 0 Å². The molecule has 3 aromatic rings. The molecule has 120 valence electrons. The van der Waals surface area contributed by atoms with Crippen molar-refractivity contribution in [2.24, 2.45) is 0 Å². The SMILES string of the molecule is CNc1ncnc2ccc(C#Cc3cc(OC)ccc3OC)cc12. The van der Waals surface area contributed by atoms with Gasteiger partial charge in [-0.2, -0.15) is 0 Å². The molecule has 1 aromatic heterocycles. The van der Waals surface area contributed by atoms with E-state index < -0.39 is 0 Å². The molecule has 0 aliphatic heterocycles. The zero-order chi connectivity index (χ0) is 16.9. The molecule has 0 fully saturated rings. The van der Waals surface area contributed by atoms with Crippen LogP contribution in [0.1, 0.15) is 11.1 Å². The summed E-state index contributed by atoms with van der Waals surface area (Å²) in [5.41, 5.74) is 2.52. The molecule has 0 saturated carbocycles. The lowest BCUT2D eigenvalue weighted by Crippen LogP contribution is -1.95. The second-order valence-electron chi connectivity index (χ2n) is 5.02. The number of methoxy groups -OCH3 is 2. The zero-order valence-electron chi connectivity index (χ0n) is 13.8. The number of fused-ring (bicyclic) bond motifs is 1. The summed E-state index contributed by atoms with van der Waals surface area (Å²) < 4.78 is 10.6. The van der Waals surface area contributed by atoms with E-state index in [2.05, 4.69) is 27.1 Å². The van der Waals surface area contributed by atoms with E-state index in [0.717, 1.165) is 33.6 Å². The highest BCUT2D eigenvalue weighted by atomic mass is 16.5. The molecule has 2 aromatic carbocycles. The molecule has 0 unspecified atom stereocenters. The van der Waals surface area contributed by atoms with Crippen molar-refractivity contribution in [3.05, 3.63) is 53.9 Å². The number of hydrogen-bond acceptors (Lipinski definition) is 5. The van der Waals surface area contributed by atoms with Crippen molar-refractivity contribution in [1.29, 1.82) is 0 Å². The molecule has 0 atom stereocenters. The van der Waals surface area contributed by atoms with Gasteiger partial charge in [0.25, 0.3) is 0 Å². The molecule has 0 radical (unpaired) electrons. The molecule has 1 heterocycles. The van der Waals surface area contributed by atoms with Gasteiger partial charge in [-0.1, -0.05) is 11.8 Å². The first-order chi connectivity index (χ1) is 11.7. The number of benzene rings is 2. The molecular weight excluding hydrogens is 302 g/mol. The number of anilines is 1. The third kappa shape index (κ3) is 3.08. The van der Waals surface area contributed by atoms with Gasteiger partial charge in [0.15, 0.2) is 0 Å². The lowest BCUT2D eigenvalue weighted by Gasteiger charge is -2.06. The first kappa shape index (κ1) is 15.6. The second kappa shape index (κ2) is 6.88. The summed E-state index contributed by atoms with van der Waals surface area (Å²) in [4.78, 5) is 8.49. The summed E-state index contributed by atoms with van der Waals surface area (Å²) in [5.74, 6) is 8.53. The van der Waals surface area contributed by atoms with E-state index in [4.69, 9.17) is 9.47 Å². The van der Waals surface area contributed by atoms with Crippen LogP contribution in [0.15, 0.2) is 42.7 Å². The van der Waals surface area contributed by atoms with Gasteiger partial charge in [-0.15, -0.1) is 0 Å². The predicted molar refractivity (Wildman–Crippen MR) is 94.6 cm³/mol. The topological polar surface area (TPSA) is 56.3 Å². The van der Waals surface area contributed by atoms with E-state index in [0.29, 0.717) is 5.75 Å². The van der Waals surface area contributed by atoms with E-state index in [1.165, 1.54) is 0 Å². The fourth-order valence-corrected chi connectivity index (χ4v) is 2.38. The van der Waals surface area contributed by atoms with Crippen molar-refractivity contribution in [2.45, 2.75) is 0 Å². The van der Waals surface area contributed by atoms with E-state index in [1.807, 2.05) is 43.4 Å². The molecule has 0 amide bonds. The van der Waals surface area contributed by atoms with Crippen LogP contribution in [0.5, 0.6) is 11.5 Å². The Morgan fingerprint density at radius 1 is 0.958 bits per heavy atom. The van der Waals surface area contributed by atoms with Crippen LogP contribution in [0.4, 0.5) is 5.82 Å². The van der Waals surface area contributed by atoms with Gasteiger partial charge in [0.1, 0.15) is 23.6 Å². The summed E-state index contributed by atoms with van der Waals surface area (Å²) in [7, 11) is 5.09. The fraction of sp³-hybridized carbons (Fsp3) is 0.158. The van der Waals surface area contributed by atoms with Gasteiger partial charge in [0.05, 0.1) is 25.3 Å². The van der Waals surface area contributed by atoms with Crippen molar-refractivity contribution < 1.29 is 9.47 Å². The van der Waals surface area contributed by atoms with Crippen LogP contribution < -0.4 is 14.8 Å². The Balaban J connectivity index is 2.04. The normalized spacial score (nSPS) is 9.96. The maximum absolute atomic E-state index is 5.35. The molecule has 5 heteroatoms. The number of ether oxygens (including phenoxy) is 2. The highest BCUT2D eigenvalue weighted by Gasteiger charge is 2.04. The summed E-state index contributed by atoms with van der Waals surface area (Å²) in [6, 6.07) is 11.4. The summed E-state index contributed by atoms with van der Waals surface area (Å²) in [6.45, 7) is 0. The highest BCUT2D eigenvalue weighted by molar-refractivity contribution is 5.89. The fourth-order valence-electron chi connectivity index (χ4n) is 2.38. The van der Waals surface area contributed by atoms with Crippen molar-refractivity contribution in [3.8, 4) is 23.3 Å². The summed E-state index contributed by atoms with van der Waals surface area (Å²) in [5, 5.41) is 4.00. The highest BCUT2D eigenvalue weighted by Crippen LogP contribution is 2.23. The summed E-state index contributed by atoms with van der Waals surface area (Å²) >= 11 is 0. The second-order valence-corrected chi connectivity index (χ2v) is 5.02. The predicted octanol–water partition coefficient (Wildman–Crippen LogP) is 3.09. The zero-order valence-corrected chi connectivity index (χ0v) is 13.8. The van der Waals surface area contributed by atoms with Crippen LogP contribution >= 0.6 is 0 Å². The average Bonchev–Trinajstić information content (AvgIpc) is 2.65. The number of hydrogen-bond donors (Lipinski definition) is 1. The standard InChI is InChI=1S/C19H17N3O2/c1-20-19-16-10-13(5-8-17(16)21-12-22-19)4-6-14-11-15(23-2)7-9-18(14)24-3/h5,7-12H,1-3H3,(H,20,21,22). The Kier molecular flexibility index (Phi) is 4.48. The van der Waals surface area contributed by atoms with Crippen molar-refractivity contribution >= 4 is 16.7 Å². The van der Waals surface area contributed by atoms with Gasteiger partial charge < -0.3 is 14.8 Å². The Hall–Kier alpha value is -3.26. The number of rotatable bonds is 3. The van der Waals surface area contributed by atoms with Crippen LogP contribution in [0.2, 0.25) is 0 Å². The quantitative estimate of drug-likeness (QED) is 0.752. The molecule has 0 aliphatic carbocycles. The van der Waals surface area contributed by atoms with Crippen LogP contribution in [-0.2, 0) is 0 Å². The van der Waals surface area contributed by atoms with E-state index in [-0.39, 0.29) is 0 Å². The smallest absolute Gasteiger partial charge is 0.137 e. The van der Waals surface area contributed by atoms with E-state index in [1.54, 1.807) is 20.5 Å². The lowest BCUT2D eigenvalue weighted by atomic mass is 10.1. The molecule has 3 rings (SSSR count). The first-order valence-electron chi connectivity index (χ1n) is 7.41. The Labute approximate surface area is 140 Å². The number of nitrogens with zero attached hydrogens (tertiary/aromatic N) is 2. The summed E-state index contributed by atoms with van der Waals surface area (Å²) in [6.07, 6.45) is 1.54. The van der Waals surface area contributed by atoms with Gasteiger partial charge in [-0.3, -0.25) is 0 Å². The van der Waals surface area contributed by atoms with Crippen molar-refractivity contribution in [2.75, 3.05) is 26.6 Å². The minimum Gasteiger partial charge on any atom is -0.497 e. The largest absolute Gasteiger partial charge is 0.497 e.